The molecule has 0 saturated heterocycles. The highest BCUT2D eigenvalue weighted by Crippen LogP contribution is 2.28. The average Bonchev–Trinajstić information content (AvgIpc) is 2.60. The number of hydrogen-bond acceptors (Lipinski definition) is 4. The maximum Gasteiger partial charge on any atom is 0.162 e. The number of ether oxygens (including phenoxy) is 3. The predicted octanol–water partition coefficient (Wildman–Crippen LogP) is 3.72. The number of terminal acetylenes is 1. The van der Waals surface area contributed by atoms with Gasteiger partial charge in [-0.05, 0) is 48.9 Å². The Morgan fingerprint density at radius 1 is 1.04 bits per heavy atom. The molecule has 0 heterocycles. The van der Waals surface area contributed by atoms with Crippen molar-refractivity contribution < 1.29 is 14.2 Å². The molecule has 4 nitrogen and oxygen atoms in total. The summed E-state index contributed by atoms with van der Waals surface area (Å²) in [5.74, 6) is 4.63. The highest BCUT2D eigenvalue weighted by molar-refractivity contribution is 5.48. The third-order valence-corrected chi connectivity index (χ3v) is 3.20. The Bertz CT molecular complexity index is 659. The molecule has 0 atom stereocenters. The van der Waals surface area contributed by atoms with Crippen molar-refractivity contribution in [3.05, 3.63) is 48.0 Å². The highest BCUT2D eigenvalue weighted by Gasteiger charge is 2.05. The van der Waals surface area contributed by atoms with Crippen LogP contribution in [0.2, 0.25) is 0 Å². The molecule has 0 aliphatic carbocycles. The summed E-state index contributed by atoms with van der Waals surface area (Å²) in [7, 11) is 1.61. The second kappa shape index (κ2) is 8.60. The molecule has 0 amide bonds. The van der Waals surface area contributed by atoms with E-state index in [1.807, 2.05) is 49.4 Å². The van der Waals surface area contributed by atoms with Gasteiger partial charge >= 0.3 is 0 Å². The summed E-state index contributed by atoms with van der Waals surface area (Å²) in [6.07, 6.45) is 5.20. The lowest BCUT2D eigenvalue weighted by atomic mass is 10.2. The van der Waals surface area contributed by atoms with Gasteiger partial charge in [-0.15, -0.1) is 6.42 Å². The van der Waals surface area contributed by atoms with Crippen LogP contribution < -0.4 is 19.5 Å². The summed E-state index contributed by atoms with van der Waals surface area (Å²) in [6.45, 7) is 3.54. The van der Waals surface area contributed by atoms with Gasteiger partial charge in [0, 0.05) is 12.2 Å². The standard InChI is InChI=1S/C19H21NO3/c1-4-12-23-18-11-6-15(13-19(18)21-3)14-20-16-7-9-17(10-8-16)22-5-2/h1,6-11,13,20H,5,12,14H2,2-3H3. The van der Waals surface area contributed by atoms with E-state index in [0.717, 1.165) is 17.0 Å². The van der Waals surface area contributed by atoms with Crippen LogP contribution >= 0.6 is 0 Å². The topological polar surface area (TPSA) is 39.7 Å². The summed E-state index contributed by atoms with van der Waals surface area (Å²) < 4.78 is 16.2. The fourth-order valence-electron chi connectivity index (χ4n) is 2.10. The van der Waals surface area contributed by atoms with Crippen molar-refractivity contribution in [1.82, 2.24) is 0 Å². The van der Waals surface area contributed by atoms with Crippen molar-refractivity contribution in [1.29, 1.82) is 0 Å². The van der Waals surface area contributed by atoms with E-state index in [-0.39, 0.29) is 6.61 Å². The van der Waals surface area contributed by atoms with Gasteiger partial charge in [0.05, 0.1) is 13.7 Å². The van der Waals surface area contributed by atoms with Crippen molar-refractivity contribution in [2.75, 3.05) is 25.6 Å². The Morgan fingerprint density at radius 3 is 2.48 bits per heavy atom. The molecule has 120 valence electrons. The third-order valence-electron chi connectivity index (χ3n) is 3.20. The summed E-state index contributed by atoms with van der Waals surface area (Å²) in [4.78, 5) is 0. The van der Waals surface area contributed by atoms with Crippen LogP contribution in [0.3, 0.4) is 0 Å². The molecule has 0 fully saturated rings. The van der Waals surface area contributed by atoms with Gasteiger partial charge in [-0.25, -0.2) is 0 Å². The van der Waals surface area contributed by atoms with Gasteiger partial charge in [-0.1, -0.05) is 12.0 Å². The molecular weight excluding hydrogens is 290 g/mol. The number of rotatable bonds is 8. The van der Waals surface area contributed by atoms with E-state index in [9.17, 15) is 0 Å². The molecule has 0 spiro atoms. The van der Waals surface area contributed by atoms with Gasteiger partial charge in [-0.3, -0.25) is 0 Å². The average molecular weight is 311 g/mol. The van der Waals surface area contributed by atoms with Crippen LogP contribution in [0.5, 0.6) is 17.2 Å². The molecule has 0 aliphatic heterocycles. The van der Waals surface area contributed by atoms with Crippen LogP contribution in [0, 0.1) is 12.3 Å². The Hall–Kier alpha value is -2.80. The lowest BCUT2D eigenvalue weighted by molar-refractivity contribution is 0.330. The molecule has 0 saturated carbocycles. The Labute approximate surface area is 137 Å². The molecule has 0 unspecified atom stereocenters. The quantitative estimate of drug-likeness (QED) is 0.754. The van der Waals surface area contributed by atoms with Gasteiger partial charge in [0.15, 0.2) is 11.5 Å². The van der Waals surface area contributed by atoms with E-state index in [1.54, 1.807) is 7.11 Å². The monoisotopic (exact) mass is 311 g/mol. The first kappa shape index (κ1) is 16.6. The minimum absolute atomic E-state index is 0.222. The first-order chi connectivity index (χ1) is 11.3. The molecule has 0 radical (unpaired) electrons. The lowest BCUT2D eigenvalue weighted by Gasteiger charge is -2.12. The number of anilines is 1. The number of nitrogens with one attached hydrogen (secondary N) is 1. The molecule has 23 heavy (non-hydrogen) atoms. The number of benzene rings is 2. The van der Waals surface area contributed by atoms with E-state index in [0.29, 0.717) is 24.7 Å². The molecular formula is C19H21NO3. The zero-order chi connectivity index (χ0) is 16.5. The van der Waals surface area contributed by atoms with Crippen LogP contribution in [0.4, 0.5) is 5.69 Å². The zero-order valence-electron chi connectivity index (χ0n) is 13.5. The van der Waals surface area contributed by atoms with E-state index in [4.69, 9.17) is 20.6 Å². The second-order valence-corrected chi connectivity index (χ2v) is 4.79. The normalized spacial score (nSPS) is 9.78. The lowest BCUT2D eigenvalue weighted by Crippen LogP contribution is -2.02. The maximum atomic E-state index is 5.44. The third kappa shape index (κ3) is 4.86. The molecule has 1 N–H and O–H groups in total. The van der Waals surface area contributed by atoms with Crippen molar-refractivity contribution in [3.8, 4) is 29.6 Å². The molecule has 0 aromatic heterocycles. The SMILES string of the molecule is C#CCOc1ccc(CNc2ccc(OCC)cc2)cc1OC. The minimum Gasteiger partial charge on any atom is -0.494 e. The molecule has 2 aromatic rings. The minimum atomic E-state index is 0.222. The van der Waals surface area contributed by atoms with Gasteiger partial charge in [-0.2, -0.15) is 0 Å². The summed E-state index contributed by atoms with van der Waals surface area (Å²) in [6, 6.07) is 13.7. The molecule has 0 aliphatic rings. The van der Waals surface area contributed by atoms with Gasteiger partial charge in [0.25, 0.3) is 0 Å². The maximum absolute atomic E-state index is 5.44. The second-order valence-electron chi connectivity index (χ2n) is 4.79. The van der Waals surface area contributed by atoms with Crippen molar-refractivity contribution in [3.63, 3.8) is 0 Å². The predicted molar refractivity (Wildman–Crippen MR) is 92.3 cm³/mol. The van der Waals surface area contributed by atoms with E-state index < -0.39 is 0 Å². The Morgan fingerprint density at radius 2 is 1.83 bits per heavy atom. The van der Waals surface area contributed by atoms with Crippen molar-refractivity contribution in [2.45, 2.75) is 13.5 Å². The number of methoxy groups -OCH3 is 1. The smallest absolute Gasteiger partial charge is 0.162 e. The van der Waals surface area contributed by atoms with E-state index in [2.05, 4.69) is 11.2 Å². The van der Waals surface area contributed by atoms with E-state index in [1.165, 1.54) is 0 Å². The summed E-state index contributed by atoms with van der Waals surface area (Å²) in [5.41, 5.74) is 2.11. The zero-order valence-corrected chi connectivity index (χ0v) is 13.5. The van der Waals surface area contributed by atoms with Crippen molar-refractivity contribution in [2.24, 2.45) is 0 Å². The van der Waals surface area contributed by atoms with Crippen molar-refractivity contribution >= 4 is 5.69 Å². The fraction of sp³-hybridized carbons (Fsp3) is 0.263. The summed E-state index contributed by atoms with van der Waals surface area (Å²) in [5, 5.41) is 3.36. The molecule has 2 aromatic carbocycles. The van der Waals surface area contributed by atoms with Crippen LogP contribution in [0.1, 0.15) is 12.5 Å². The van der Waals surface area contributed by atoms with Crippen LogP contribution in [-0.4, -0.2) is 20.3 Å². The van der Waals surface area contributed by atoms with Gasteiger partial charge in [0.2, 0.25) is 0 Å². The first-order valence-corrected chi connectivity index (χ1v) is 7.46. The largest absolute Gasteiger partial charge is 0.494 e. The van der Waals surface area contributed by atoms with Gasteiger partial charge < -0.3 is 19.5 Å². The van der Waals surface area contributed by atoms with Gasteiger partial charge in [0.1, 0.15) is 12.4 Å². The van der Waals surface area contributed by atoms with Crippen LogP contribution in [0.15, 0.2) is 42.5 Å². The highest BCUT2D eigenvalue weighted by atomic mass is 16.5. The number of hydrogen-bond donors (Lipinski definition) is 1. The van der Waals surface area contributed by atoms with Crippen LogP contribution in [-0.2, 0) is 6.54 Å². The Balaban J connectivity index is 1.98. The molecule has 4 heteroatoms. The fourth-order valence-corrected chi connectivity index (χ4v) is 2.10. The summed E-state index contributed by atoms with van der Waals surface area (Å²) >= 11 is 0. The Kier molecular flexibility index (Phi) is 6.19. The first-order valence-electron chi connectivity index (χ1n) is 7.46. The van der Waals surface area contributed by atoms with E-state index >= 15 is 0 Å². The van der Waals surface area contributed by atoms with Crippen LogP contribution in [0.25, 0.3) is 0 Å². The molecule has 0 bridgehead atoms. The molecule has 2 rings (SSSR count).